The van der Waals surface area contributed by atoms with Crippen LogP contribution in [0, 0.1) is 0 Å². The minimum Gasteiger partial charge on any atom is -0.462 e. The second kappa shape index (κ2) is 71.4. The predicted octanol–water partition coefficient (Wildman–Crippen LogP) is 22.0. The second-order valence-corrected chi connectivity index (χ2v) is 28.5. The maximum Gasteiger partial charge on any atom is 0.472 e. The standard InChI is InChI=1S/C79H138O17P2/c1-5-9-13-17-21-25-29-33-35-36-38-42-46-50-54-58-62-66-79(84)96-75(70-90-77(82)64-60-56-52-48-44-40-32-28-24-20-16-12-8-4)72-94-98(87,88)92-68-73(80)67-91-97(85,86)93-71-74(69-89-76(81)63-59-55-51-47-43-39-31-27-23-19-15-11-7-3)95-78(83)65-61-57-53-49-45-41-37-34-30-26-22-18-14-10-6-2/h21-22,25-28,31-35,37-38,42,50,54,73-75,80H,5-20,23-24,29-30,36,39-41,43-49,51-53,55-72H2,1-4H3,(H,85,86)(H,87,88)/b25-21-,26-22-,31-27-,32-28-,35-33-,37-34-,42-38-,54-50-/t73-,74+,75+/m0/s1. The zero-order valence-electron chi connectivity index (χ0n) is 61.7. The Hall–Kier alpha value is -4.02. The molecule has 17 nitrogen and oxygen atoms in total. The Morgan fingerprint density at radius 2 is 0.510 bits per heavy atom. The van der Waals surface area contributed by atoms with Gasteiger partial charge in [0.05, 0.1) is 26.4 Å². The Labute approximate surface area is 595 Å². The number of aliphatic hydroxyl groups is 1. The van der Waals surface area contributed by atoms with Gasteiger partial charge in [-0.3, -0.25) is 37.3 Å². The summed E-state index contributed by atoms with van der Waals surface area (Å²) in [6, 6.07) is 0. The van der Waals surface area contributed by atoms with Gasteiger partial charge < -0.3 is 33.8 Å². The maximum atomic E-state index is 13.1. The van der Waals surface area contributed by atoms with Crippen LogP contribution in [0.3, 0.4) is 0 Å². The molecule has 0 aromatic rings. The molecule has 0 aliphatic heterocycles. The average Bonchev–Trinajstić information content (AvgIpc) is 1.05. The molecule has 2 unspecified atom stereocenters. The summed E-state index contributed by atoms with van der Waals surface area (Å²) in [5, 5.41) is 10.6. The largest absolute Gasteiger partial charge is 0.472 e. The van der Waals surface area contributed by atoms with E-state index in [1.165, 1.54) is 89.9 Å². The highest BCUT2D eigenvalue weighted by Gasteiger charge is 2.30. The van der Waals surface area contributed by atoms with Crippen molar-refractivity contribution in [3.05, 3.63) is 97.2 Å². The van der Waals surface area contributed by atoms with Crippen LogP contribution >= 0.6 is 15.6 Å². The topological polar surface area (TPSA) is 237 Å². The van der Waals surface area contributed by atoms with Crippen LogP contribution in [0.1, 0.15) is 323 Å². The molecule has 0 aliphatic rings. The summed E-state index contributed by atoms with van der Waals surface area (Å²) in [5.74, 6) is -2.26. The van der Waals surface area contributed by atoms with Gasteiger partial charge in [0.2, 0.25) is 0 Å². The molecule has 0 saturated heterocycles. The van der Waals surface area contributed by atoms with Crippen LogP contribution in [-0.4, -0.2) is 96.7 Å². The van der Waals surface area contributed by atoms with Crippen LogP contribution in [0.4, 0.5) is 0 Å². The maximum absolute atomic E-state index is 13.1. The van der Waals surface area contributed by atoms with E-state index in [4.69, 9.17) is 37.0 Å². The highest BCUT2D eigenvalue weighted by molar-refractivity contribution is 7.47. The summed E-state index contributed by atoms with van der Waals surface area (Å²) < 4.78 is 68.4. The van der Waals surface area contributed by atoms with E-state index in [2.05, 4.69) is 113 Å². The lowest BCUT2D eigenvalue weighted by Gasteiger charge is -2.21. The number of phosphoric ester groups is 2. The Kier molecular flexibility index (Phi) is 68.4. The summed E-state index contributed by atoms with van der Waals surface area (Å²) in [5.41, 5.74) is 0. The van der Waals surface area contributed by atoms with Crippen molar-refractivity contribution in [2.24, 2.45) is 0 Å². The highest BCUT2D eigenvalue weighted by Crippen LogP contribution is 2.45. The molecule has 0 radical (unpaired) electrons. The Morgan fingerprint density at radius 3 is 0.837 bits per heavy atom. The third-order valence-corrected chi connectivity index (χ3v) is 17.9. The van der Waals surface area contributed by atoms with E-state index in [9.17, 15) is 43.2 Å². The van der Waals surface area contributed by atoms with Gasteiger partial charge in [0.25, 0.3) is 0 Å². The van der Waals surface area contributed by atoms with Crippen LogP contribution in [0.15, 0.2) is 97.2 Å². The molecule has 566 valence electrons. The molecule has 0 spiro atoms. The number of rotatable bonds is 72. The molecule has 98 heavy (non-hydrogen) atoms. The Balaban J connectivity index is 5.42. The fraction of sp³-hybridized carbons (Fsp3) is 0.747. The third kappa shape index (κ3) is 70.4. The number of aliphatic hydroxyl groups excluding tert-OH is 1. The summed E-state index contributed by atoms with van der Waals surface area (Å²) >= 11 is 0. The lowest BCUT2D eigenvalue weighted by atomic mass is 10.1. The molecular formula is C79H138O17P2. The predicted molar refractivity (Wildman–Crippen MR) is 399 cm³/mol. The molecule has 0 aromatic carbocycles. The normalized spacial score (nSPS) is 14.5. The van der Waals surface area contributed by atoms with E-state index < -0.39 is 97.5 Å². The zero-order chi connectivity index (χ0) is 71.8. The summed E-state index contributed by atoms with van der Waals surface area (Å²) in [6.45, 7) is 4.71. The van der Waals surface area contributed by atoms with Crippen LogP contribution in [0.2, 0.25) is 0 Å². The number of allylic oxidation sites excluding steroid dienone is 16. The first-order chi connectivity index (χ1) is 47.7. The van der Waals surface area contributed by atoms with Gasteiger partial charge in [-0.05, 0) is 148 Å². The van der Waals surface area contributed by atoms with E-state index >= 15 is 0 Å². The first-order valence-electron chi connectivity index (χ1n) is 38.5. The zero-order valence-corrected chi connectivity index (χ0v) is 63.5. The van der Waals surface area contributed by atoms with Crippen LogP contribution in [0.5, 0.6) is 0 Å². The van der Waals surface area contributed by atoms with Crippen LogP contribution < -0.4 is 0 Å². The van der Waals surface area contributed by atoms with Gasteiger partial charge >= 0.3 is 39.5 Å². The number of carbonyl (C=O) groups excluding carboxylic acids is 4. The molecule has 5 atom stereocenters. The molecule has 3 N–H and O–H groups in total. The van der Waals surface area contributed by atoms with Crippen molar-refractivity contribution in [1.29, 1.82) is 0 Å². The van der Waals surface area contributed by atoms with E-state index in [-0.39, 0.29) is 25.7 Å². The minimum absolute atomic E-state index is 0.0175. The number of unbranched alkanes of at least 4 members (excludes halogenated alkanes) is 30. The summed E-state index contributed by atoms with van der Waals surface area (Å²) in [6.07, 6.45) is 74.0. The first-order valence-corrected chi connectivity index (χ1v) is 41.5. The SMILES string of the molecule is CCCCC/C=C\C/C=C\C/C=C\C/C=C\CCCC(=O)O[C@H](COC(=O)CCCCCCC/C=C\CCCCCC)COP(=O)(O)OC[C@@H](O)COP(=O)(O)OC[C@@H](COC(=O)CCCCCCC/C=C\CCCCCC)OC(=O)CCCCCCC/C=C\C/C=C\CCCCC. The first kappa shape index (κ1) is 94.0. The second-order valence-electron chi connectivity index (χ2n) is 25.6. The van der Waals surface area contributed by atoms with Crippen molar-refractivity contribution >= 4 is 39.5 Å². The lowest BCUT2D eigenvalue weighted by molar-refractivity contribution is -0.161. The van der Waals surface area contributed by atoms with E-state index in [1.807, 2.05) is 12.2 Å². The average molecular weight is 1420 g/mol. The molecule has 0 aliphatic carbocycles. The fourth-order valence-corrected chi connectivity index (χ4v) is 11.6. The number of hydrogen-bond donors (Lipinski definition) is 3. The van der Waals surface area contributed by atoms with Gasteiger partial charge in [0, 0.05) is 25.7 Å². The van der Waals surface area contributed by atoms with E-state index in [1.54, 1.807) is 0 Å². The molecular weight excluding hydrogens is 1280 g/mol. The van der Waals surface area contributed by atoms with Crippen molar-refractivity contribution < 1.29 is 80.2 Å². The van der Waals surface area contributed by atoms with Gasteiger partial charge in [0.1, 0.15) is 19.3 Å². The van der Waals surface area contributed by atoms with Gasteiger partial charge in [0.15, 0.2) is 12.2 Å². The van der Waals surface area contributed by atoms with E-state index in [0.29, 0.717) is 32.1 Å². The molecule has 19 heteroatoms. The molecule has 0 bridgehead atoms. The van der Waals surface area contributed by atoms with Crippen molar-refractivity contribution in [3.8, 4) is 0 Å². The Bertz CT molecular complexity index is 2240. The van der Waals surface area contributed by atoms with Crippen molar-refractivity contribution in [2.75, 3.05) is 39.6 Å². The van der Waals surface area contributed by atoms with Crippen molar-refractivity contribution in [2.45, 2.75) is 341 Å². The molecule has 0 rings (SSSR count). The quantitative estimate of drug-likeness (QED) is 0.0169. The van der Waals surface area contributed by atoms with Crippen molar-refractivity contribution in [3.63, 3.8) is 0 Å². The Morgan fingerprint density at radius 1 is 0.286 bits per heavy atom. The van der Waals surface area contributed by atoms with Crippen LogP contribution in [-0.2, 0) is 65.4 Å². The van der Waals surface area contributed by atoms with Gasteiger partial charge in [-0.1, -0.05) is 247 Å². The smallest absolute Gasteiger partial charge is 0.462 e. The summed E-state index contributed by atoms with van der Waals surface area (Å²) in [7, 11) is -9.97. The number of hydrogen-bond acceptors (Lipinski definition) is 15. The van der Waals surface area contributed by atoms with Gasteiger partial charge in [-0.15, -0.1) is 0 Å². The fourth-order valence-electron chi connectivity index (χ4n) is 10.1. The molecule has 0 saturated carbocycles. The molecule has 0 heterocycles. The van der Waals surface area contributed by atoms with Crippen molar-refractivity contribution in [1.82, 2.24) is 0 Å². The highest BCUT2D eigenvalue weighted by atomic mass is 31.2. The summed E-state index contributed by atoms with van der Waals surface area (Å²) in [4.78, 5) is 72.8. The molecule has 0 fully saturated rings. The minimum atomic E-state index is -4.99. The van der Waals surface area contributed by atoms with Crippen LogP contribution in [0.25, 0.3) is 0 Å². The number of carbonyl (C=O) groups is 4. The van der Waals surface area contributed by atoms with Gasteiger partial charge in [-0.25, -0.2) is 9.13 Å². The number of ether oxygens (including phenoxy) is 4. The number of phosphoric acid groups is 2. The molecule has 0 aromatic heterocycles. The van der Waals surface area contributed by atoms with E-state index in [0.717, 1.165) is 148 Å². The lowest BCUT2D eigenvalue weighted by Crippen LogP contribution is -2.30. The van der Waals surface area contributed by atoms with Gasteiger partial charge in [-0.2, -0.15) is 0 Å². The monoisotopic (exact) mass is 1420 g/mol. The third-order valence-electron chi connectivity index (χ3n) is 16.0. The number of esters is 4. The molecule has 0 amide bonds.